The number of aryl methyl sites for hydroxylation is 1. The van der Waals surface area contributed by atoms with Crippen LogP contribution < -0.4 is 5.32 Å². The van der Waals surface area contributed by atoms with Crippen molar-refractivity contribution in [2.75, 3.05) is 0 Å². The van der Waals surface area contributed by atoms with Gasteiger partial charge in [-0.3, -0.25) is 4.79 Å². The summed E-state index contributed by atoms with van der Waals surface area (Å²) < 4.78 is 0. The molecule has 1 amide bonds. The molecule has 3 heteroatoms. The Morgan fingerprint density at radius 2 is 2.00 bits per heavy atom. The number of rotatable bonds is 4. The zero-order valence-corrected chi connectivity index (χ0v) is 12.0. The molecule has 2 aromatic carbocycles. The molecule has 0 radical (unpaired) electrons. The standard InChI is InChI=1S/C18H18N2O/c1-13-5-4-6-14(9-13)10-18(21)20-12-15-11-19-17-8-3-2-7-16(15)17/h2-9,11,19H,10,12H2,1H3,(H,20,21). The first-order chi connectivity index (χ1) is 10.2. The Hall–Kier alpha value is -2.55. The molecule has 1 heterocycles. The van der Waals surface area contributed by atoms with E-state index < -0.39 is 0 Å². The predicted molar refractivity (Wildman–Crippen MR) is 85.0 cm³/mol. The van der Waals surface area contributed by atoms with E-state index in [-0.39, 0.29) is 5.91 Å². The van der Waals surface area contributed by atoms with Crippen LogP contribution in [0.3, 0.4) is 0 Å². The minimum Gasteiger partial charge on any atom is -0.361 e. The van der Waals surface area contributed by atoms with Crippen molar-refractivity contribution in [3.8, 4) is 0 Å². The number of carbonyl (C=O) groups excluding carboxylic acids is 1. The van der Waals surface area contributed by atoms with Gasteiger partial charge in [0.25, 0.3) is 0 Å². The number of H-pyrrole nitrogens is 1. The van der Waals surface area contributed by atoms with Crippen molar-refractivity contribution >= 4 is 16.8 Å². The normalized spacial score (nSPS) is 10.7. The fourth-order valence-corrected chi connectivity index (χ4v) is 2.54. The van der Waals surface area contributed by atoms with Gasteiger partial charge >= 0.3 is 0 Å². The summed E-state index contributed by atoms with van der Waals surface area (Å²) in [7, 11) is 0. The molecule has 3 aromatic rings. The van der Waals surface area contributed by atoms with E-state index >= 15 is 0 Å². The monoisotopic (exact) mass is 278 g/mol. The molecule has 0 saturated carbocycles. The summed E-state index contributed by atoms with van der Waals surface area (Å²) in [5, 5.41) is 4.15. The van der Waals surface area contributed by atoms with Crippen molar-refractivity contribution in [3.05, 3.63) is 71.4 Å². The van der Waals surface area contributed by atoms with E-state index in [0.29, 0.717) is 13.0 Å². The summed E-state index contributed by atoms with van der Waals surface area (Å²) in [5.41, 5.74) is 4.44. The molecule has 0 aliphatic rings. The van der Waals surface area contributed by atoms with E-state index in [1.807, 2.05) is 55.6 Å². The van der Waals surface area contributed by atoms with Crippen LogP contribution in [-0.4, -0.2) is 10.9 Å². The van der Waals surface area contributed by atoms with Crippen LogP contribution in [0.4, 0.5) is 0 Å². The Morgan fingerprint density at radius 3 is 2.86 bits per heavy atom. The quantitative estimate of drug-likeness (QED) is 0.755. The maximum absolute atomic E-state index is 12.0. The maximum atomic E-state index is 12.0. The summed E-state index contributed by atoms with van der Waals surface area (Å²) in [4.78, 5) is 15.3. The zero-order valence-electron chi connectivity index (χ0n) is 12.0. The average Bonchev–Trinajstić information content (AvgIpc) is 2.88. The molecule has 0 bridgehead atoms. The number of aromatic amines is 1. The molecule has 0 unspecified atom stereocenters. The third-order valence-corrected chi connectivity index (χ3v) is 3.60. The van der Waals surface area contributed by atoms with Crippen molar-refractivity contribution in [2.24, 2.45) is 0 Å². The lowest BCUT2D eigenvalue weighted by Crippen LogP contribution is -2.24. The van der Waals surface area contributed by atoms with E-state index in [4.69, 9.17) is 0 Å². The molecule has 0 aliphatic carbocycles. The van der Waals surface area contributed by atoms with Crippen LogP contribution in [0, 0.1) is 6.92 Å². The van der Waals surface area contributed by atoms with Gasteiger partial charge in [0.2, 0.25) is 5.91 Å². The highest BCUT2D eigenvalue weighted by Gasteiger charge is 2.06. The number of hydrogen-bond acceptors (Lipinski definition) is 1. The number of nitrogens with one attached hydrogen (secondary N) is 2. The summed E-state index contributed by atoms with van der Waals surface area (Å²) in [6.45, 7) is 2.59. The van der Waals surface area contributed by atoms with Crippen molar-refractivity contribution in [1.29, 1.82) is 0 Å². The van der Waals surface area contributed by atoms with Gasteiger partial charge in [0.15, 0.2) is 0 Å². The molecule has 0 fully saturated rings. The van der Waals surface area contributed by atoms with Crippen molar-refractivity contribution < 1.29 is 4.79 Å². The lowest BCUT2D eigenvalue weighted by Gasteiger charge is -2.05. The van der Waals surface area contributed by atoms with Gasteiger partial charge < -0.3 is 10.3 Å². The molecule has 0 spiro atoms. The van der Waals surface area contributed by atoms with Gasteiger partial charge in [-0.25, -0.2) is 0 Å². The Labute approximate surface area is 124 Å². The number of amides is 1. The van der Waals surface area contributed by atoms with E-state index in [1.165, 1.54) is 5.56 Å². The van der Waals surface area contributed by atoms with E-state index in [2.05, 4.69) is 16.4 Å². The van der Waals surface area contributed by atoms with Crippen LogP contribution in [0.25, 0.3) is 10.9 Å². The molecule has 0 saturated heterocycles. The zero-order chi connectivity index (χ0) is 14.7. The van der Waals surface area contributed by atoms with E-state index in [1.54, 1.807) is 0 Å². The van der Waals surface area contributed by atoms with Gasteiger partial charge in [0.05, 0.1) is 6.42 Å². The third-order valence-electron chi connectivity index (χ3n) is 3.60. The predicted octanol–water partition coefficient (Wildman–Crippen LogP) is 3.34. The fraction of sp³-hybridized carbons (Fsp3) is 0.167. The average molecular weight is 278 g/mol. The van der Waals surface area contributed by atoms with Crippen molar-refractivity contribution in [3.63, 3.8) is 0 Å². The second kappa shape index (κ2) is 5.83. The van der Waals surface area contributed by atoms with Crippen LogP contribution in [0.5, 0.6) is 0 Å². The molecular weight excluding hydrogens is 260 g/mol. The molecule has 2 N–H and O–H groups in total. The van der Waals surface area contributed by atoms with Gasteiger partial charge in [-0.15, -0.1) is 0 Å². The van der Waals surface area contributed by atoms with Gasteiger partial charge in [0, 0.05) is 23.6 Å². The molecule has 3 rings (SSSR count). The highest BCUT2D eigenvalue weighted by molar-refractivity contribution is 5.84. The Morgan fingerprint density at radius 1 is 1.14 bits per heavy atom. The van der Waals surface area contributed by atoms with Gasteiger partial charge in [-0.1, -0.05) is 48.0 Å². The smallest absolute Gasteiger partial charge is 0.224 e. The highest BCUT2D eigenvalue weighted by Crippen LogP contribution is 2.17. The number of aromatic nitrogens is 1. The molecule has 3 nitrogen and oxygen atoms in total. The lowest BCUT2D eigenvalue weighted by molar-refractivity contribution is -0.120. The molecule has 0 atom stereocenters. The maximum Gasteiger partial charge on any atom is 0.224 e. The second-order valence-corrected chi connectivity index (χ2v) is 5.30. The first kappa shape index (κ1) is 13.4. The highest BCUT2D eigenvalue weighted by atomic mass is 16.1. The van der Waals surface area contributed by atoms with Crippen LogP contribution in [0.15, 0.2) is 54.7 Å². The summed E-state index contributed by atoms with van der Waals surface area (Å²) in [6.07, 6.45) is 2.38. The van der Waals surface area contributed by atoms with Crippen LogP contribution >= 0.6 is 0 Å². The minimum absolute atomic E-state index is 0.0471. The van der Waals surface area contributed by atoms with Crippen molar-refractivity contribution in [2.45, 2.75) is 19.9 Å². The fourth-order valence-electron chi connectivity index (χ4n) is 2.54. The third kappa shape index (κ3) is 3.14. The van der Waals surface area contributed by atoms with Gasteiger partial charge in [-0.05, 0) is 24.1 Å². The molecule has 106 valence electrons. The topological polar surface area (TPSA) is 44.9 Å². The van der Waals surface area contributed by atoms with Crippen LogP contribution in [0.1, 0.15) is 16.7 Å². The van der Waals surface area contributed by atoms with Crippen molar-refractivity contribution in [1.82, 2.24) is 10.3 Å². The molecule has 1 aromatic heterocycles. The number of fused-ring (bicyclic) bond motifs is 1. The number of benzene rings is 2. The SMILES string of the molecule is Cc1cccc(CC(=O)NCc2c[nH]c3ccccc23)c1. The number of hydrogen-bond donors (Lipinski definition) is 2. The minimum atomic E-state index is 0.0471. The molecule has 21 heavy (non-hydrogen) atoms. The van der Waals surface area contributed by atoms with E-state index in [0.717, 1.165) is 22.0 Å². The first-order valence-electron chi connectivity index (χ1n) is 7.09. The summed E-state index contributed by atoms with van der Waals surface area (Å²) in [5.74, 6) is 0.0471. The summed E-state index contributed by atoms with van der Waals surface area (Å²) >= 11 is 0. The number of carbonyl (C=O) groups is 1. The number of para-hydroxylation sites is 1. The molecule has 0 aliphatic heterocycles. The van der Waals surface area contributed by atoms with Crippen LogP contribution in [0.2, 0.25) is 0 Å². The lowest BCUT2D eigenvalue weighted by atomic mass is 10.1. The van der Waals surface area contributed by atoms with Gasteiger partial charge in [-0.2, -0.15) is 0 Å². The summed E-state index contributed by atoms with van der Waals surface area (Å²) in [6, 6.07) is 16.2. The Kier molecular flexibility index (Phi) is 3.73. The Balaban J connectivity index is 1.63. The van der Waals surface area contributed by atoms with E-state index in [9.17, 15) is 4.79 Å². The first-order valence-corrected chi connectivity index (χ1v) is 7.09. The second-order valence-electron chi connectivity index (χ2n) is 5.30. The van der Waals surface area contributed by atoms with Gasteiger partial charge in [0.1, 0.15) is 0 Å². The Bertz CT molecular complexity index is 773. The molecular formula is C18H18N2O. The largest absolute Gasteiger partial charge is 0.361 e. The van der Waals surface area contributed by atoms with Crippen LogP contribution in [-0.2, 0) is 17.8 Å².